The van der Waals surface area contributed by atoms with Crippen LogP contribution >= 0.6 is 0 Å². The van der Waals surface area contributed by atoms with Gasteiger partial charge >= 0.3 is 0 Å². The number of hydrogen-bond donors (Lipinski definition) is 4. The first-order valence-electron chi connectivity index (χ1n) is 7.83. The lowest BCUT2D eigenvalue weighted by atomic mass is 10.1. The summed E-state index contributed by atoms with van der Waals surface area (Å²) in [5.41, 5.74) is 4.82. The lowest BCUT2D eigenvalue weighted by Gasteiger charge is -2.05. The highest BCUT2D eigenvalue weighted by Crippen LogP contribution is 2.60. The molecule has 2 aliphatic rings. The van der Waals surface area contributed by atoms with E-state index >= 15 is 0 Å². The Labute approximate surface area is 168 Å². The molecule has 0 aromatic heterocycles. The van der Waals surface area contributed by atoms with E-state index in [2.05, 4.69) is 16.1 Å². The van der Waals surface area contributed by atoms with Crippen LogP contribution in [0.1, 0.15) is 11.1 Å². The highest BCUT2D eigenvalue weighted by Gasteiger charge is 2.49. The second-order valence-electron chi connectivity index (χ2n) is 6.02. The van der Waals surface area contributed by atoms with Crippen LogP contribution < -0.4 is 16.1 Å². The maximum atomic E-state index is 11.8. The van der Waals surface area contributed by atoms with Gasteiger partial charge in [-0.2, -0.15) is 27.9 Å². The molecule has 4 N–H and O–H groups in total. The van der Waals surface area contributed by atoms with Gasteiger partial charge in [0.1, 0.15) is 26.9 Å². The van der Waals surface area contributed by atoms with Crippen LogP contribution in [-0.2, 0) is 20.2 Å². The van der Waals surface area contributed by atoms with E-state index in [1.807, 2.05) is 5.53 Å². The molecule has 14 nitrogen and oxygen atoms in total. The van der Waals surface area contributed by atoms with Gasteiger partial charge in [0.15, 0.2) is 0 Å². The van der Waals surface area contributed by atoms with Crippen molar-refractivity contribution >= 4 is 43.0 Å². The number of fused-ring (bicyclic) bond motifs is 1. The molecule has 156 valence electrons. The summed E-state index contributed by atoms with van der Waals surface area (Å²) in [5.74, 6) is 0. The molecule has 2 aromatic carbocycles. The topological polar surface area (TPSA) is 198 Å². The van der Waals surface area contributed by atoms with Crippen molar-refractivity contribution in [3.05, 3.63) is 57.3 Å². The van der Waals surface area contributed by atoms with Crippen LogP contribution in [0.4, 0.5) is 11.4 Å². The summed E-state index contributed by atoms with van der Waals surface area (Å²) in [6.45, 7) is 0. The molecular formula is C14H10N6O8S2. The van der Waals surface area contributed by atoms with E-state index in [-0.39, 0.29) is 16.9 Å². The fourth-order valence-electron chi connectivity index (χ4n) is 3.18. The molecule has 30 heavy (non-hydrogen) atoms. The van der Waals surface area contributed by atoms with Crippen molar-refractivity contribution in [1.82, 2.24) is 16.1 Å². The van der Waals surface area contributed by atoms with E-state index in [0.29, 0.717) is 11.3 Å². The number of nitrogens with zero attached hydrogens (tertiary/aromatic N) is 4. The SMILES string of the molecule is O=NNN1C(c2ccccc2)=C1c1cc(S(=O)(=O)O)c(S(=O)(=O)O)c2c1N2NN=O. The molecule has 2 heterocycles. The second kappa shape index (κ2) is 6.46. The lowest BCUT2D eigenvalue weighted by molar-refractivity contribution is 0.467. The molecule has 0 fully saturated rings. The van der Waals surface area contributed by atoms with Gasteiger partial charge < -0.3 is 0 Å². The third-order valence-corrected chi connectivity index (χ3v) is 6.27. The third kappa shape index (κ3) is 3.03. The van der Waals surface area contributed by atoms with Gasteiger partial charge in [-0.15, -0.1) is 9.81 Å². The van der Waals surface area contributed by atoms with Crippen molar-refractivity contribution in [3.8, 4) is 0 Å². The van der Waals surface area contributed by atoms with Gasteiger partial charge in [-0.1, -0.05) is 30.3 Å². The Bertz CT molecular complexity index is 1340. The molecule has 0 saturated carbocycles. The predicted molar refractivity (Wildman–Crippen MR) is 101 cm³/mol. The van der Waals surface area contributed by atoms with Crippen molar-refractivity contribution < 1.29 is 25.9 Å². The van der Waals surface area contributed by atoms with Crippen molar-refractivity contribution in [3.63, 3.8) is 0 Å². The van der Waals surface area contributed by atoms with E-state index < -0.39 is 35.7 Å². The van der Waals surface area contributed by atoms with Crippen LogP contribution in [0.5, 0.6) is 0 Å². The molecule has 2 aliphatic heterocycles. The molecule has 0 amide bonds. The van der Waals surface area contributed by atoms with Gasteiger partial charge in [-0.05, 0) is 6.07 Å². The van der Waals surface area contributed by atoms with Gasteiger partial charge in [0.25, 0.3) is 20.2 Å². The zero-order valence-corrected chi connectivity index (χ0v) is 16.0. The second-order valence-corrected chi connectivity index (χ2v) is 8.76. The zero-order chi connectivity index (χ0) is 21.8. The Kier molecular flexibility index (Phi) is 4.24. The average molecular weight is 454 g/mol. The number of hydrazine groups is 2. The normalized spacial score (nSPS) is 14.9. The Hall–Kier alpha value is -3.60. The molecule has 0 spiro atoms. The number of hydrogen-bond acceptors (Lipinski definition) is 10. The highest BCUT2D eigenvalue weighted by molar-refractivity contribution is 7.89. The number of benzene rings is 2. The molecule has 2 aromatic rings. The standard InChI is InChI=1S/C14H10N6O8S2/c21-17-15-19-10(7-4-2-1-3-5-7)11(19)8-6-9(29(23,24)25)14(30(26,27)28)13-12(8)20(13)16-18-22/h1-6H,(H,15,21)(H,16,22)(H,23,24,25)(H,26,27,28). The third-order valence-electron chi connectivity index (χ3n) is 4.33. The van der Waals surface area contributed by atoms with Gasteiger partial charge in [0, 0.05) is 11.1 Å². The Balaban J connectivity index is 2.00. The summed E-state index contributed by atoms with van der Waals surface area (Å²) in [7, 11) is -10.3. The van der Waals surface area contributed by atoms with Crippen LogP contribution in [0.3, 0.4) is 0 Å². The highest BCUT2D eigenvalue weighted by atomic mass is 32.2. The predicted octanol–water partition coefficient (Wildman–Crippen LogP) is 1.14. The monoisotopic (exact) mass is 454 g/mol. The van der Waals surface area contributed by atoms with Crippen molar-refractivity contribution in [2.24, 2.45) is 10.6 Å². The number of nitrogens with one attached hydrogen (secondary N) is 2. The van der Waals surface area contributed by atoms with E-state index in [4.69, 9.17) is 0 Å². The van der Waals surface area contributed by atoms with E-state index in [1.54, 1.807) is 30.3 Å². The minimum Gasteiger partial charge on any atom is -0.282 e. The zero-order valence-electron chi connectivity index (χ0n) is 14.4. The van der Waals surface area contributed by atoms with Crippen LogP contribution in [0.15, 0.2) is 56.8 Å². The first-order chi connectivity index (χ1) is 14.1. The summed E-state index contributed by atoms with van der Waals surface area (Å²) in [6.07, 6.45) is 0. The summed E-state index contributed by atoms with van der Waals surface area (Å²) in [5, 5.41) is 6.96. The summed E-state index contributed by atoms with van der Waals surface area (Å²) in [4.78, 5) is 19.1. The van der Waals surface area contributed by atoms with Crippen molar-refractivity contribution in [2.45, 2.75) is 9.79 Å². The molecule has 4 rings (SSSR count). The Morgan fingerprint density at radius 3 is 1.93 bits per heavy atom. The van der Waals surface area contributed by atoms with Gasteiger partial charge in [0.2, 0.25) is 0 Å². The van der Waals surface area contributed by atoms with Crippen LogP contribution in [0.25, 0.3) is 11.4 Å². The molecule has 16 heteroatoms. The van der Waals surface area contributed by atoms with Crippen molar-refractivity contribution in [2.75, 3.05) is 5.01 Å². The average Bonchev–Trinajstić information content (AvgIpc) is 3.55. The van der Waals surface area contributed by atoms with Crippen molar-refractivity contribution in [1.29, 1.82) is 0 Å². The lowest BCUT2D eigenvalue weighted by Crippen LogP contribution is -2.17. The van der Waals surface area contributed by atoms with Gasteiger partial charge in [-0.3, -0.25) is 9.11 Å². The molecule has 0 bridgehead atoms. The minimum absolute atomic E-state index is 0.0104. The van der Waals surface area contributed by atoms with Gasteiger partial charge in [0.05, 0.1) is 16.3 Å². The first-order valence-corrected chi connectivity index (χ1v) is 10.7. The summed E-state index contributed by atoms with van der Waals surface area (Å²) >= 11 is 0. The van der Waals surface area contributed by atoms with Crippen LogP contribution in [0, 0.1) is 9.81 Å². The van der Waals surface area contributed by atoms with E-state index in [9.17, 15) is 35.8 Å². The van der Waals surface area contributed by atoms with E-state index in [1.165, 1.54) is 5.01 Å². The van der Waals surface area contributed by atoms with Gasteiger partial charge in [-0.25, -0.2) is 10.0 Å². The number of nitroso groups, excluding NO2 is 2. The smallest absolute Gasteiger partial charge is 0.282 e. The molecule has 0 aliphatic carbocycles. The Morgan fingerprint density at radius 1 is 0.800 bits per heavy atom. The first kappa shape index (κ1) is 19.7. The summed E-state index contributed by atoms with van der Waals surface area (Å²) < 4.78 is 66.3. The van der Waals surface area contributed by atoms with Crippen LogP contribution in [-0.4, -0.2) is 31.0 Å². The van der Waals surface area contributed by atoms with E-state index in [0.717, 1.165) is 11.1 Å². The fourth-order valence-corrected chi connectivity index (χ4v) is 5.16. The molecular weight excluding hydrogens is 444 g/mol. The molecule has 0 atom stereocenters. The summed E-state index contributed by atoms with van der Waals surface area (Å²) in [6, 6.07) is 9.29. The molecule has 0 unspecified atom stereocenters. The quantitative estimate of drug-likeness (QED) is 0.192. The largest absolute Gasteiger partial charge is 0.298 e. The van der Waals surface area contributed by atoms with Crippen LogP contribution in [0.2, 0.25) is 0 Å². The maximum Gasteiger partial charge on any atom is 0.298 e. The minimum atomic E-state index is -5.14. The maximum absolute atomic E-state index is 11.8. The Morgan fingerprint density at radius 2 is 1.40 bits per heavy atom. The fraction of sp³-hybridized carbons (Fsp3) is 0. The number of rotatable bonds is 8. The molecule has 0 radical (unpaired) electrons. The molecule has 0 saturated heterocycles. The number of anilines is 2.